The third kappa shape index (κ3) is 3.90. The van der Waals surface area contributed by atoms with Gasteiger partial charge in [-0.3, -0.25) is 4.79 Å². The molecule has 1 aromatic rings. The van der Waals surface area contributed by atoms with Crippen LogP contribution in [0.4, 0.5) is 0 Å². The summed E-state index contributed by atoms with van der Waals surface area (Å²) in [7, 11) is 3.70. The van der Waals surface area contributed by atoms with E-state index >= 15 is 0 Å². The molecule has 1 aliphatic carbocycles. The third-order valence-electron chi connectivity index (χ3n) is 3.03. The molecule has 1 saturated carbocycles. The van der Waals surface area contributed by atoms with E-state index in [2.05, 4.69) is 21.0 Å². The number of halogens is 1. The van der Waals surface area contributed by atoms with Gasteiger partial charge in [-0.15, -0.1) is 0 Å². The summed E-state index contributed by atoms with van der Waals surface area (Å²) in [4.78, 5) is 12.2. The monoisotopic (exact) mass is 332 g/mol. The smallest absolute Gasteiger partial charge is 0.185 e. The van der Waals surface area contributed by atoms with Crippen molar-refractivity contribution in [3.8, 4) is 0 Å². The van der Waals surface area contributed by atoms with Crippen molar-refractivity contribution in [2.24, 2.45) is 5.10 Å². The maximum Gasteiger partial charge on any atom is 0.185 e. The number of rotatable bonds is 3. The Balaban J connectivity index is 2.13. The molecule has 20 heavy (non-hydrogen) atoms. The minimum absolute atomic E-state index is 0.137. The summed E-state index contributed by atoms with van der Waals surface area (Å²) in [5.41, 5.74) is 2.76. The fourth-order valence-electron chi connectivity index (χ4n) is 2.02. The highest BCUT2D eigenvalue weighted by Crippen LogP contribution is 2.27. The Hall–Kier alpha value is -1.68. The second-order valence-electron chi connectivity index (χ2n) is 4.85. The molecule has 0 bridgehead atoms. The van der Waals surface area contributed by atoms with E-state index in [0.29, 0.717) is 0 Å². The van der Waals surface area contributed by atoms with Crippen molar-refractivity contribution in [3.63, 3.8) is 0 Å². The van der Waals surface area contributed by atoms with Gasteiger partial charge in [-0.05, 0) is 42.7 Å². The number of allylic oxidation sites excluding steroid dienone is 3. The third-order valence-corrected chi connectivity index (χ3v) is 3.56. The second-order valence-corrected chi connectivity index (χ2v) is 5.77. The molecule has 0 amide bonds. The zero-order valence-electron chi connectivity index (χ0n) is 11.6. The Labute approximate surface area is 127 Å². The number of hydrogen-bond acceptors (Lipinski definition) is 3. The number of Topliss-reactive ketones (excluding diaryl/α,β-unsaturated/α-hetero) is 1. The second kappa shape index (κ2) is 6.66. The van der Waals surface area contributed by atoms with Crippen molar-refractivity contribution in [1.82, 2.24) is 5.01 Å². The van der Waals surface area contributed by atoms with Gasteiger partial charge in [0, 0.05) is 35.9 Å². The average Bonchev–Trinajstić information content (AvgIpc) is 2.74. The van der Waals surface area contributed by atoms with Gasteiger partial charge in [-0.1, -0.05) is 28.1 Å². The highest BCUT2D eigenvalue weighted by Gasteiger charge is 2.22. The van der Waals surface area contributed by atoms with Crippen LogP contribution >= 0.6 is 15.9 Å². The van der Waals surface area contributed by atoms with Gasteiger partial charge in [0.15, 0.2) is 5.78 Å². The number of carbonyl (C=O) groups is 1. The molecule has 4 heteroatoms. The van der Waals surface area contributed by atoms with Crippen LogP contribution in [0.2, 0.25) is 0 Å². The van der Waals surface area contributed by atoms with E-state index < -0.39 is 0 Å². The largest absolute Gasteiger partial charge is 0.303 e. The van der Waals surface area contributed by atoms with Crippen molar-refractivity contribution in [2.45, 2.75) is 12.8 Å². The Morgan fingerprint density at radius 3 is 2.45 bits per heavy atom. The molecule has 1 fully saturated rings. The first-order valence-electron chi connectivity index (χ1n) is 6.47. The average molecular weight is 333 g/mol. The lowest BCUT2D eigenvalue weighted by molar-refractivity contribution is -0.111. The fraction of sp³-hybridized carbons (Fsp3) is 0.250. The topological polar surface area (TPSA) is 32.7 Å². The predicted octanol–water partition coefficient (Wildman–Crippen LogP) is 3.67. The lowest BCUT2D eigenvalue weighted by Crippen LogP contribution is -2.01. The minimum atomic E-state index is 0.137. The van der Waals surface area contributed by atoms with E-state index in [1.54, 1.807) is 11.2 Å². The van der Waals surface area contributed by atoms with Gasteiger partial charge in [-0.25, -0.2) is 0 Å². The standard InChI is InChI=1S/C16H17BrN2O/c1-19(2)18-10-9-13-5-6-14(16(13)20)11-12-3-7-15(17)8-4-12/h3-4,7-11H,5-6H2,1-2H3/b13-9-,14-11-,18-10+. The Morgan fingerprint density at radius 1 is 1.15 bits per heavy atom. The van der Waals surface area contributed by atoms with Gasteiger partial charge in [0.25, 0.3) is 0 Å². The molecule has 0 saturated heterocycles. The normalized spacial score (nSPS) is 19.4. The predicted molar refractivity (Wildman–Crippen MR) is 86.6 cm³/mol. The molecule has 1 aromatic carbocycles. The van der Waals surface area contributed by atoms with E-state index in [-0.39, 0.29) is 5.78 Å². The maximum absolute atomic E-state index is 12.2. The lowest BCUT2D eigenvalue weighted by Gasteiger charge is -2.00. The molecule has 0 aromatic heterocycles. The summed E-state index contributed by atoms with van der Waals surface area (Å²) in [6, 6.07) is 7.96. The number of ketones is 1. The van der Waals surface area contributed by atoms with E-state index in [9.17, 15) is 4.79 Å². The van der Waals surface area contributed by atoms with Crippen LogP contribution in [-0.4, -0.2) is 31.1 Å². The molecule has 0 aliphatic heterocycles. The van der Waals surface area contributed by atoms with Gasteiger partial charge >= 0.3 is 0 Å². The van der Waals surface area contributed by atoms with E-state index in [0.717, 1.165) is 34.0 Å². The van der Waals surface area contributed by atoms with Crippen LogP contribution in [0, 0.1) is 0 Å². The summed E-state index contributed by atoms with van der Waals surface area (Å²) >= 11 is 3.40. The first-order chi connectivity index (χ1) is 9.56. The first-order valence-corrected chi connectivity index (χ1v) is 7.27. The molecule has 1 aliphatic rings. The number of benzene rings is 1. The van der Waals surface area contributed by atoms with E-state index in [1.807, 2.05) is 50.5 Å². The summed E-state index contributed by atoms with van der Waals surface area (Å²) in [5, 5.41) is 5.80. The van der Waals surface area contributed by atoms with Crippen LogP contribution in [0.1, 0.15) is 18.4 Å². The quantitative estimate of drug-likeness (QED) is 0.480. The SMILES string of the molecule is CN(C)/N=C/C=C1/CC/C(=C/c2ccc(Br)cc2)C1=O. The lowest BCUT2D eigenvalue weighted by atomic mass is 10.1. The molecular formula is C16H17BrN2O. The van der Waals surface area contributed by atoms with E-state index in [1.165, 1.54) is 0 Å². The summed E-state index contributed by atoms with van der Waals surface area (Å²) in [5.74, 6) is 0.137. The van der Waals surface area contributed by atoms with Crippen LogP contribution in [0.15, 0.2) is 51.1 Å². The Kier molecular flexibility index (Phi) is 4.90. The van der Waals surface area contributed by atoms with Crippen LogP contribution < -0.4 is 0 Å². The number of hydrogen-bond donors (Lipinski definition) is 0. The Morgan fingerprint density at radius 2 is 1.80 bits per heavy atom. The molecule has 0 N–H and O–H groups in total. The van der Waals surface area contributed by atoms with Gasteiger partial charge in [0.05, 0.1) is 0 Å². The van der Waals surface area contributed by atoms with Gasteiger partial charge < -0.3 is 5.01 Å². The molecule has 104 valence electrons. The van der Waals surface area contributed by atoms with Crippen LogP contribution in [-0.2, 0) is 4.79 Å². The molecule has 0 spiro atoms. The molecule has 3 nitrogen and oxygen atoms in total. The molecule has 0 radical (unpaired) electrons. The molecule has 2 rings (SSSR count). The molecular weight excluding hydrogens is 316 g/mol. The molecule has 0 unspecified atom stereocenters. The summed E-state index contributed by atoms with van der Waals surface area (Å²) in [6.45, 7) is 0. The summed E-state index contributed by atoms with van der Waals surface area (Å²) < 4.78 is 1.04. The van der Waals surface area contributed by atoms with E-state index in [4.69, 9.17) is 0 Å². The van der Waals surface area contributed by atoms with Crippen LogP contribution in [0.5, 0.6) is 0 Å². The van der Waals surface area contributed by atoms with Crippen molar-refractivity contribution in [1.29, 1.82) is 0 Å². The van der Waals surface area contributed by atoms with Crippen LogP contribution in [0.3, 0.4) is 0 Å². The number of nitrogens with zero attached hydrogens (tertiary/aromatic N) is 2. The number of hydrazone groups is 1. The van der Waals surface area contributed by atoms with Gasteiger partial charge in [-0.2, -0.15) is 5.10 Å². The van der Waals surface area contributed by atoms with Crippen molar-refractivity contribution in [2.75, 3.05) is 14.1 Å². The zero-order valence-corrected chi connectivity index (χ0v) is 13.2. The highest BCUT2D eigenvalue weighted by atomic mass is 79.9. The molecule has 0 atom stereocenters. The zero-order chi connectivity index (χ0) is 14.5. The molecule has 0 heterocycles. The van der Waals surface area contributed by atoms with Crippen molar-refractivity contribution in [3.05, 3.63) is 51.5 Å². The first kappa shape index (κ1) is 14.7. The minimum Gasteiger partial charge on any atom is -0.303 e. The number of carbonyl (C=O) groups excluding carboxylic acids is 1. The van der Waals surface area contributed by atoms with Gasteiger partial charge in [0.1, 0.15) is 0 Å². The highest BCUT2D eigenvalue weighted by molar-refractivity contribution is 9.10. The fourth-order valence-corrected chi connectivity index (χ4v) is 2.28. The van der Waals surface area contributed by atoms with Crippen molar-refractivity contribution < 1.29 is 4.79 Å². The maximum atomic E-state index is 12.2. The van der Waals surface area contributed by atoms with Gasteiger partial charge in [0.2, 0.25) is 0 Å². The Bertz CT molecular complexity index is 583. The summed E-state index contributed by atoms with van der Waals surface area (Å²) in [6.07, 6.45) is 7.05. The van der Waals surface area contributed by atoms with Crippen molar-refractivity contribution >= 4 is 34.0 Å². The van der Waals surface area contributed by atoms with Crippen LogP contribution in [0.25, 0.3) is 6.08 Å².